The lowest BCUT2D eigenvalue weighted by Gasteiger charge is -2.10. The van der Waals surface area contributed by atoms with E-state index in [9.17, 15) is 14.5 Å². The predicted octanol–water partition coefficient (Wildman–Crippen LogP) is 3.59. The topological polar surface area (TPSA) is 70.2 Å². The largest absolute Gasteiger partial charge is 0.479 e. The second kappa shape index (κ2) is 6.67. The molecule has 0 bridgehead atoms. The fraction of sp³-hybridized carbons (Fsp3) is 0.267. The van der Waals surface area contributed by atoms with Gasteiger partial charge in [-0.3, -0.25) is 10.1 Å². The Labute approximate surface area is 137 Å². The van der Waals surface area contributed by atoms with E-state index in [4.69, 9.17) is 16.3 Å². The number of hydrogen-bond donors (Lipinski definition) is 0. The maximum Gasteiger partial charge on any atom is 0.313 e. The van der Waals surface area contributed by atoms with Crippen LogP contribution in [0.25, 0.3) is 5.69 Å². The summed E-state index contributed by atoms with van der Waals surface area (Å²) < 4.78 is 20.8. The average molecular weight is 338 g/mol. The highest BCUT2D eigenvalue weighted by Crippen LogP contribution is 2.32. The van der Waals surface area contributed by atoms with Gasteiger partial charge in [-0.25, -0.2) is 9.07 Å². The number of hydrogen-bond acceptors (Lipinski definition) is 4. The van der Waals surface area contributed by atoms with Gasteiger partial charge in [0.2, 0.25) is 0 Å². The van der Waals surface area contributed by atoms with Crippen LogP contribution in [-0.2, 0) is 0 Å². The van der Waals surface area contributed by atoms with E-state index in [1.54, 1.807) is 6.92 Å². The summed E-state index contributed by atoms with van der Waals surface area (Å²) in [5.74, 6) is 4.92. The molecule has 0 aliphatic heterocycles. The summed E-state index contributed by atoms with van der Waals surface area (Å²) >= 11 is 5.94. The third-order valence-corrected chi connectivity index (χ3v) is 3.44. The summed E-state index contributed by atoms with van der Waals surface area (Å²) in [5, 5.41) is 15.2. The molecule has 0 amide bonds. The van der Waals surface area contributed by atoms with Gasteiger partial charge in [-0.15, -0.1) is 5.92 Å². The van der Waals surface area contributed by atoms with Gasteiger partial charge in [0.05, 0.1) is 9.95 Å². The van der Waals surface area contributed by atoms with E-state index in [-0.39, 0.29) is 40.1 Å². The van der Waals surface area contributed by atoms with Crippen LogP contribution in [0.2, 0.25) is 5.02 Å². The van der Waals surface area contributed by atoms with Crippen LogP contribution in [0.5, 0.6) is 5.75 Å². The van der Waals surface area contributed by atoms with Crippen LogP contribution in [0.3, 0.4) is 0 Å². The molecule has 2 aromatic rings. The third kappa shape index (κ3) is 3.27. The van der Waals surface area contributed by atoms with Crippen molar-refractivity contribution in [2.45, 2.75) is 20.8 Å². The van der Waals surface area contributed by atoms with Crippen molar-refractivity contribution < 1.29 is 14.1 Å². The number of nitrogens with zero attached hydrogens (tertiary/aromatic N) is 3. The third-order valence-electron chi connectivity index (χ3n) is 3.14. The molecule has 0 radical (unpaired) electrons. The standard InChI is InChI=1S/C15H13ClFN3O3/c1-4-5-6-23-14-8-13(12(17)7-11(14)16)19-10(3)15(20(21)22)9(2)18-19/h7-8H,6H2,1-3H3. The molecule has 23 heavy (non-hydrogen) atoms. The van der Waals surface area contributed by atoms with Gasteiger partial charge in [0.25, 0.3) is 0 Å². The average Bonchev–Trinajstić information content (AvgIpc) is 2.76. The fourth-order valence-corrected chi connectivity index (χ4v) is 2.32. The first kappa shape index (κ1) is 16.8. The van der Waals surface area contributed by atoms with Gasteiger partial charge in [0.15, 0.2) is 5.82 Å². The molecule has 0 aliphatic carbocycles. The Hall–Kier alpha value is -2.59. The molecule has 0 spiro atoms. The lowest BCUT2D eigenvalue weighted by Crippen LogP contribution is -2.04. The number of aromatic nitrogens is 2. The Balaban J connectivity index is 2.55. The van der Waals surface area contributed by atoms with Crippen molar-refractivity contribution in [1.82, 2.24) is 9.78 Å². The van der Waals surface area contributed by atoms with Gasteiger partial charge < -0.3 is 4.74 Å². The number of benzene rings is 1. The number of nitro groups is 1. The highest BCUT2D eigenvalue weighted by molar-refractivity contribution is 6.32. The molecule has 0 unspecified atom stereocenters. The van der Waals surface area contributed by atoms with Crippen LogP contribution in [0.15, 0.2) is 12.1 Å². The van der Waals surface area contributed by atoms with E-state index in [1.807, 2.05) is 0 Å². The molecular formula is C15H13ClFN3O3. The number of rotatable bonds is 4. The van der Waals surface area contributed by atoms with E-state index in [0.29, 0.717) is 0 Å². The Kier molecular flexibility index (Phi) is 4.86. The van der Waals surface area contributed by atoms with Crippen LogP contribution in [0.4, 0.5) is 10.1 Å². The first-order valence-electron chi connectivity index (χ1n) is 6.59. The molecule has 0 saturated carbocycles. The first-order valence-corrected chi connectivity index (χ1v) is 6.97. The monoisotopic (exact) mass is 337 g/mol. The summed E-state index contributed by atoms with van der Waals surface area (Å²) in [7, 11) is 0. The summed E-state index contributed by atoms with van der Waals surface area (Å²) in [5.41, 5.74) is 0.274. The van der Waals surface area contributed by atoms with Crippen molar-refractivity contribution in [3.8, 4) is 23.3 Å². The van der Waals surface area contributed by atoms with Crippen molar-refractivity contribution in [3.05, 3.63) is 44.5 Å². The van der Waals surface area contributed by atoms with E-state index in [1.165, 1.54) is 19.9 Å². The maximum absolute atomic E-state index is 14.2. The SMILES string of the molecule is CC#CCOc1cc(-n2nc(C)c([N+](=O)[O-])c2C)c(F)cc1Cl. The first-order chi connectivity index (χ1) is 10.9. The molecule has 0 fully saturated rings. The van der Waals surface area contributed by atoms with Crippen LogP contribution >= 0.6 is 11.6 Å². The molecule has 6 nitrogen and oxygen atoms in total. The second-order valence-electron chi connectivity index (χ2n) is 4.64. The van der Waals surface area contributed by atoms with Crippen molar-refractivity contribution in [1.29, 1.82) is 0 Å². The quantitative estimate of drug-likeness (QED) is 0.485. The van der Waals surface area contributed by atoms with Crippen molar-refractivity contribution in [2.24, 2.45) is 0 Å². The Morgan fingerprint density at radius 3 is 2.74 bits per heavy atom. The zero-order chi connectivity index (χ0) is 17.1. The second-order valence-corrected chi connectivity index (χ2v) is 5.05. The van der Waals surface area contributed by atoms with Gasteiger partial charge in [0.1, 0.15) is 29.4 Å². The fourth-order valence-electron chi connectivity index (χ4n) is 2.11. The van der Waals surface area contributed by atoms with Crippen molar-refractivity contribution in [2.75, 3.05) is 6.61 Å². The smallest absolute Gasteiger partial charge is 0.313 e. The highest BCUT2D eigenvalue weighted by atomic mass is 35.5. The Morgan fingerprint density at radius 2 is 2.17 bits per heavy atom. The van der Waals surface area contributed by atoms with Gasteiger partial charge in [0, 0.05) is 6.07 Å². The lowest BCUT2D eigenvalue weighted by molar-refractivity contribution is -0.386. The molecule has 8 heteroatoms. The molecule has 1 heterocycles. The normalized spacial score (nSPS) is 10.1. The van der Waals surface area contributed by atoms with Gasteiger partial charge in [-0.1, -0.05) is 17.5 Å². The van der Waals surface area contributed by atoms with Gasteiger partial charge in [-0.05, 0) is 26.8 Å². The highest BCUT2D eigenvalue weighted by Gasteiger charge is 2.24. The van der Waals surface area contributed by atoms with E-state index in [2.05, 4.69) is 16.9 Å². The molecule has 120 valence electrons. The van der Waals surface area contributed by atoms with Gasteiger partial charge in [-0.2, -0.15) is 5.10 Å². The molecule has 0 saturated heterocycles. The molecule has 0 aliphatic rings. The molecule has 0 N–H and O–H groups in total. The Morgan fingerprint density at radius 1 is 1.48 bits per heavy atom. The van der Waals surface area contributed by atoms with Crippen LogP contribution in [0.1, 0.15) is 18.3 Å². The summed E-state index contributed by atoms with van der Waals surface area (Å²) in [4.78, 5) is 10.5. The minimum Gasteiger partial charge on any atom is -0.479 e. The molecule has 0 atom stereocenters. The van der Waals surface area contributed by atoms with E-state index in [0.717, 1.165) is 10.7 Å². The summed E-state index contributed by atoms with van der Waals surface area (Å²) in [6.45, 7) is 4.74. The zero-order valence-corrected chi connectivity index (χ0v) is 13.4. The number of ether oxygens (including phenoxy) is 1. The van der Waals surface area contributed by atoms with Crippen LogP contribution in [-0.4, -0.2) is 21.3 Å². The predicted molar refractivity (Wildman–Crippen MR) is 83.6 cm³/mol. The molecule has 2 rings (SSSR count). The van der Waals surface area contributed by atoms with Crippen LogP contribution in [0, 0.1) is 41.6 Å². The molecule has 1 aromatic carbocycles. The van der Waals surface area contributed by atoms with E-state index >= 15 is 0 Å². The van der Waals surface area contributed by atoms with E-state index < -0.39 is 10.7 Å². The Bertz CT molecular complexity index is 837. The number of halogens is 2. The minimum atomic E-state index is -0.663. The molecule has 1 aromatic heterocycles. The van der Waals surface area contributed by atoms with Gasteiger partial charge >= 0.3 is 5.69 Å². The van der Waals surface area contributed by atoms with Crippen molar-refractivity contribution in [3.63, 3.8) is 0 Å². The number of aryl methyl sites for hydroxylation is 1. The molecular weight excluding hydrogens is 325 g/mol. The lowest BCUT2D eigenvalue weighted by atomic mass is 10.2. The van der Waals surface area contributed by atoms with Crippen LogP contribution < -0.4 is 4.74 Å². The summed E-state index contributed by atoms with van der Waals surface area (Å²) in [6, 6.07) is 2.42. The van der Waals surface area contributed by atoms with Crippen molar-refractivity contribution >= 4 is 17.3 Å². The zero-order valence-electron chi connectivity index (χ0n) is 12.7. The maximum atomic E-state index is 14.2. The summed E-state index contributed by atoms with van der Waals surface area (Å²) in [6.07, 6.45) is 0. The minimum absolute atomic E-state index is 0.0163.